The van der Waals surface area contributed by atoms with Crippen molar-refractivity contribution >= 4 is 52.9 Å². The second-order valence-corrected chi connectivity index (χ2v) is 17.6. The van der Waals surface area contributed by atoms with Crippen LogP contribution in [-0.4, -0.2) is 139 Å². The zero-order valence-electron chi connectivity index (χ0n) is 35.0. The summed E-state index contributed by atoms with van der Waals surface area (Å²) in [7, 11) is 0. The third-order valence-corrected chi connectivity index (χ3v) is 13.6. The molecule has 62 heavy (non-hydrogen) atoms. The minimum atomic E-state index is -4.80. The average Bonchev–Trinajstić information content (AvgIpc) is 3.59. The zero-order chi connectivity index (χ0) is 44.0. The number of nitrogen functional groups attached to an aromatic ring is 1. The Morgan fingerprint density at radius 1 is 0.871 bits per heavy atom. The molecule has 0 bridgehead atoms. The number of fused-ring (bicyclic) bond motifs is 1. The molecule has 5 aliphatic rings. The van der Waals surface area contributed by atoms with Gasteiger partial charge in [-0.2, -0.15) is 13.2 Å². The SMILES string of the molecule is Nc1c(Cl)cc(C[C@@H](OC(=O)N2CCC(N3CCc4ccccc4NC3=O)CC2)C(=O)N2CCC(C3CCN(CC(=O)OCCCN4CCCC4=O)CC3)CC2)cc1C(F)(F)F. The summed E-state index contributed by atoms with van der Waals surface area (Å²) in [4.78, 5) is 74.2. The molecule has 0 saturated carbocycles. The molecular weight excluding hydrogens is 831 g/mol. The molecule has 5 amide bonds. The first kappa shape index (κ1) is 45.3. The number of hydrogen-bond donors (Lipinski definition) is 2. The summed E-state index contributed by atoms with van der Waals surface area (Å²) in [5.74, 6) is 0.142. The molecule has 0 spiro atoms. The van der Waals surface area contributed by atoms with Crippen molar-refractivity contribution in [3.63, 3.8) is 0 Å². The molecule has 0 aliphatic carbocycles. The molecule has 4 saturated heterocycles. The Morgan fingerprint density at radius 2 is 1.55 bits per heavy atom. The molecule has 2 aromatic carbocycles. The lowest BCUT2D eigenvalue weighted by atomic mass is 9.78. The van der Waals surface area contributed by atoms with Gasteiger partial charge in [0.05, 0.1) is 29.4 Å². The Bertz CT molecular complexity index is 1950. The summed E-state index contributed by atoms with van der Waals surface area (Å²) in [6, 6.07) is 9.46. The van der Waals surface area contributed by atoms with Gasteiger partial charge in [-0.05, 0) is 112 Å². The minimum absolute atomic E-state index is 0.0543. The Kier molecular flexibility index (Phi) is 14.7. The number of nitrogens with two attached hydrogens (primary N) is 1. The first-order valence-corrected chi connectivity index (χ1v) is 22.3. The van der Waals surface area contributed by atoms with Gasteiger partial charge in [-0.3, -0.25) is 19.3 Å². The van der Waals surface area contributed by atoms with E-state index in [-0.39, 0.29) is 67.2 Å². The van der Waals surface area contributed by atoms with Crippen LogP contribution in [0.2, 0.25) is 5.02 Å². The summed E-state index contributed by atoms with van der Waals surface area (Å²) in [5, 5.41) is 2.67. The summed E-state index contributed by atoms with van der Waals surface area (Å²) in [6.07, 6.45) is -0.331. The molecule has 1 atom stereocenters. The number of esters is 1. The number of likely N-dealkylation sites (tertiary alicyclic amines) is 4. The maximum Gasteiger partial charge on any atom is 0.418 e. The molecule has 338 valence electrons. The molecule has 7 rings (SSSR count). The van der Waals surface area contributed by atoms with E-state index in [1.165, 1.54) is 11.0 Å². The van der Waals surface area contributed by atoms with E-state index in [0.717, 1.165) is 56.2 Å². The predicted molar refractivity (Wildman–Crippen MR) is 225 cm³/mol. The highest BCUT2D eigenvalue weighted by molar-refractivity contribution is 6.33. The first-order valence-electron chi connectivity index (χ1n) is 21.9. The highest BCUT2D eigenvalue weighted by atomic mass is 35.5. The number of benzene rings is 2. The van der Waals surface area contributed by atoms with E-state index >= 15 is 0 Å². The van der Waals surface area contributed by atoms with Crippen molar-refractivity contribution in [3.8, 4) is 0 Å². The van der Waals surface area contributed by atoms with Crippen LogP contribution in [0.3, 0.4) is 0 Å². The van der Waals surface area contributed by atoms with Crippen LogP contribution in [0.1, 0.15) is 74.5 Å². The molecule has 14 nitrogen and oxygen atoms in total. The number of para-hydroxylation sites is 1. The normalized spacial score (nSPS) is 20.5. The highest BCUT2D eigenvalue weighted by Crippen LogP contribution is 2.39. The van der Waals surface area contributed by atoms with Gasteiger partial charge in [-0.15, -0.1) is 0 Å². The number of anilines is 2. The van der Waals surface area contributed by atoms with E-state index in [1.807, 2.05) is 29.2 Å². The lowest BCUT2D eigenvalue weighted by molar-refractivity contribution is -0.145. The third kappa shape index (κ3) is 11.2. The molecular formula is C44H57ClF3N7O7. The van der Waals surface area contributed by atoms with Gasteiger partial charge in [0.25, 0.3) is 5.91 Å². The predicted octanol–water partition coefficient (Wildman–Crippen LogP) is 6.05. The maximum atomic E-state index is 14.2. The van der Waals surface area contributed by atoms with Gasteiger partial charge in [0, 0.05) is 70.4 Å². The van der Waals surface area contributed by atoms with Crippen LogP contribution >= 0.6 is 11.6 Å². The van der Waals surface area contributed by atoms with Crippen molar-refractivity contribution in [2.75, 3.05) is 83.1 Å². The van der Waals surface area contributed by atoms with Crippen LogP contribution in [0.4, 0.5) is 34.1 Å². The molecule has 5 heterocycles. The Hall–Kier alpha value is -4.77. The van der Waals surface area contributed by atoms with Crippen molar-refractivity contribution < 1.29 is 46.6 Å². The van der Waals surface area contributed by atoms with E-state index < -0.39 is 35.5 Å². The Morgan fingerprint density at radius 3 is 2.23 bits per heavy atom. The average molecular weight is 888 g/mol. The molecule has 2 aromatic rings. The molecule has 4 fully saturated rings. The number of halogens is 4. The Labute approximate surface area is 365 Å². The van der Waals surface area contributed by atoms with Crippen molar-refractivity contribution in [1.29, 1.82) is 0 Å². The zero-order valence-corrected chi connectivity index (χ0v) is 35.8. The van der Waals surface area contributed by atoms with Crippen LogP contribution in [0.5, 0.6) is 0 Å². The van der Waals surface area contributed by atoms with E-state index in [0.29, 0.717) is 83.0 Å². The second-order valence-electron chi connectivity index (χ2n) is 17.2. The van der Waals surface area contributed by atoms with Crippen LogP contribution in [0.25, 0.3) is 0 Å². The van der Waals surface area contributed by atoms with Crippen LogP contribution in [0, 0.1) is 11.8 Å². The topological polar surface area (TPSA) is 158 Å². The van der Waals surface area contributed by atoms with Gasteiger partial charge < -0.3 is 40.1 Å². The number of ether oxygens (including phenoxy) is 2. The molecule has 0 aromatic heterocycles. The quantitative estimate of drug-likeness (QED) is 0.147. The number of alkyl halides is 3. The maximum absolute atomic E-state index is 14.2. The van der Waals surface area contributed by atoms with Gasteiger partial charge in [-0.1, -0.05) is 29.8 Å². The Balaban J connectivity index is 0.916. The fourth-order valence-electron chi connectivity index (χ4n) is 9.70. The lowest BCUT2D eigenvalue weighted by Crippen LogP contribution is -2.52. The summed E-state index contributed by atoms with van der Waals surface area (Å²) in [6.45, 7) is 5.22. The number of nitrogens with zero attached hydrogens (tertiary/aromatic N) is 5. The van der Waals surface area contributed by atoms with E-state index in [2.05, 4.69) is 10.2 Å². The van der Waals surface area contributed by atoms with Gasteiger partial charge in [0.2, 0.25) is 5.91 Å². The van der Waals surface area contributed by atoms with Gasteiger partial charge in [0.1, 0.15) is 0 Å². The highest BCUT2D eigenvalue weighted by Gasteiger charge is 2.39. The smallest absolute Gasteiger partial charge is 0.418 e. The van der Waals surface area contributed by atoms with Gasteiger partial charge >= 0.3 is 24.3 Å². The summed E-state index contributed by atoms with van der Waals surface area (Å²) >= 11 is 6.16. The first-order chi connectivity index (χ1) is 29.7. The molecule has 5 aliphatic heterocycles. The molecule has 0 radical (unpaired) electrons. The largest absolute Gasteiger partial charge is 0.465 e. The number of carbonyl (C=O) groups excluding carboxylic acids is 5. The van der Waals surface area contributed by atoms with Gasteiger partial charge in [0.15, 0.2) is 6.10 Å². The van der Waals surface area contributed by atoms with Crippen LogP contribution in [-0.2, 0) is 42.9 Å². The molecule has 18 heteroatoms. The molecule has 3 N–H and O–H groups in total. The van der Waals surface area contributed by atoms with Crippen LogP contribution in [0.15, 0.2) is 36.4 Å². The monoisotopic (exact) mass is 887 g/mol. The number of rotatable bonds is 12. The third-order valence-electron chi connectivity index (χ3n) is 13.2. The lowest BCUT2D eigenvalue weighted by Gasteiger charge is -2.41. The van der Waals surface area contributed by atoms with Crippen LogP contribution < -0.4 is 11.1 Å². The van der Waals surface area contributed by atoms with Crippen molar-refractivity contribution in [3.05, 3.63) is 58.1 Å². The number of amides is 5. The number of hydrogen-bond acceptors (Lipinski definition) is 9. The standard InChI is InChI=1S/C44H57ClF3N7O7/c45-35-26-29(25-34(40(35)49)44(46,47)48)27-37(62-43(60)54-21-13-33(14-22-54)55-23-12-32-5-1-2-6-36(32)50-42(55)59)41(58)53-19-10-31(11-20-53)30-8-17-51(18-9-30)28-39(57)61-24-4-16-52-15-3-7-38(52)56/h1-2,5-6,25-26,30-31,33,37H,3-4,7-24,27-28,49H2,(H,50,59)/t37-/m1/s1. The number of carbonyl (C=O) groups is 5. The van der Waals surface area contributed by atoms with E-state index in [1.54, 1.807) is 9.80 Å². The second kappa shape index (κ2) is 20.2. The fraction of sp³-hybridized carbons (Fsp3) is 0.614. The van der Waals surface area contributed by atoms with Crippen molar-refractivity contribution in [2.45, 2.75) is 89.0 Å². The van der Waals surface area contributed by atoms with E-state index in [4.69, 9.17) is 26.8 Å². The van der Waals surface area contributed by atoms with Crippen molar-refractivity contribution in [2.24, 2.45) is 11.8 Å². The number of urea groups is 1. The molecule has 0 unspecified atom stereocenters. The van der Waals surface area contributed by atoms with Gasteiger partial charge in [-0.25, -0.2) is 9.59 Å². The number of nitrogens with one attached hydrogen (secondary N) is 1. The summed E-state index contributed by atoms with van der Waals surface area (Å²) < 4.78 is 53.2. The minimum Gasteiger partial charge on any atom is -0.465 e. The summed E-state index contributed by atoms with van der Waals surface area (Å²) in [5.41, 5.74) is 5.83. The number of piperidine rings is 3. The fourth-order valence-corrected chi connectivity index (χ4v) is 9.94. The van der Waals surface area contributed by atoms with E-state index in [9.17, 15) is 37.1 Å². The van der Waals surface area contributed by atoms with Crippen molar-refractivity contribution in [1.82, 2.24) is 24.5 Å².